The Morgan fingerprint density at radius 2 is 2.13 bits per heavy atom. The molecule has 1 aromatic heterocycles. The van der Waals surface area contributed by atoms with Crippen LogP contribution < -0.4 is 5.73 Å². The van der Waals surface area contributed by atoms with E-state index in [2.05, 4.69) is 4.98 Å². The third-order valence-electron chi connectivity index (χ3n) is 2.09. The van der Waals surface area contributed by atoms with Crippen molar-refractivity contribution in [2.75, 3.05) is 0 Å². The molecule has 76 valence electrons. The molecule has 1 aromatic carbocycles. The van der Waals surface area contributed by atoms with Gasteiger partial charge in [-0.05, 0) is 12.1 Å². The van der Waals surface area contributed by atoms with Crippen molar-refractivity contribution < 1.29 is 9.18 Å². The summed E-state index contributed by atoms with van der Waals surface area (Å²) >= 11 is 0. The van der Waals surface area contributed by atoms with Gasteiger partial charge in [0.2, 0.25) is 5.91 Å². The summed E-state index contributed by atoms with van der Waals surface area (Å²) in [5.74, 6) is -1.08. The summed E-state index contributed by atoms with van der Waals surface area (Å²) in [6.07, 6.45) is -0.170. The van der Waals surface area contributed by atoms with E-state index in [1.165, 1.54) is 6.07 Å². The van der Waals surface area contributed by atoms with E-state index >= 15 is 0 Å². The Balaban J connectivity index is 2.56. The van der Waals surface area contributed by atoms with Gasteiger partial charge in [-0.15, -0.1) is 0 Å². The summed E-state index contributed by atoms with van der Waals surface area (Å²) in [5, 5.41) is 0.711. The summed E-state index contributed by atoms with van der Waals surface area (Å²) in [6, 6.07) is 8.50. The lowest BCUT2D eigenvalue weighted by Gasteiger charge is -2.02. The predicted molar refractivity (Wildman–Crippen MR) is 54.6 cm³/mol. The number of carbonyl (C=O) groups excluding carboxylic acids is 1. The molecule has 0 unspecified atom stereocenters. The fraction of sp³-hybridized carbons (Fsp3) is 0.0909. The summed E-state index contributed by atoms with van der Waals surface area (Å²) in [4.78, 5) is 14.7. The van der Waals surface area contributed by atoms with Crippen molar-refractivity contribution >= 4 is 16.8 Å². The van der Waals surface area contributed by atoms with E-state index in [9.17, 15) is 9.18 Å². The number of primary amides is 1. The number of carbonyl (C=O) groups is 1. The second-order valence-electron chi connectivity index (χ2n) is 3.25. The van der Waals surface area contributed by atoms with Gasteiger partial charge in [0.1, 0.15) is 5.82 Å². The van der Waals surface area contributed by atoms with E-state index in [4.69, 9.17) is 5.73 Å². The average Bonchev–Trinajstić information content (AvgIpc) is 2.18. The molecular formula is C11H9FN2O. The van der Waals surface area contributed by atoms with Gasteiger partial charge in [0.05, 0.1) is 17.6 Å². The monoisotopic (exact) mass is 204 g/mol. The van der Waals surface area contributed by atoms with Gasteiger partial charge in [0, 0.05) is 5.39 Å². The van der Waals surface area contributed by atoms with E-state index < -0.39 is 11.7 Å². The first kappa shape index (κ1) is 9.58. The van der Waals surface area contributed by atoms with Crippen LogP contribution in [0.3, 0.4) is 0 Å². The van der Waals surface area contributed by atoms with Crippen LogP contribution in [0, 0.1) is 5.82 Å². The molecule has 4 heteroatoms. The molecule has 0 saturated heterocycles. The number of aromatic nitrogens is 1. The predicted octanol–water partition coefficient (Wildman–Crippen LogP) is 1.40. The molecule has 0 saturated carbocycles. The van der Waals surface area contributed by atoms with Crippen LogP contribution in [-0.4, -0.2) is 10.9 Å². The fourth-order valence-corrected chi connectivity index (χ4v) is 1.42. The Bertz CT molecular complexity index is 525. The number of benzene rings is 1. The van der Waals surface area contributed by atoms with Crippen molar-refractivity contribution in [1.82, 2.24) is 4.98 Å². The second kappa shape index (κ2) is 3.65. The lowest BCUT2D eigenvalue weighted by atomic mass is 10.1. The molecule has 2 aromatic rings. The summed E-state index contributed by atoms with van der Waals surface area (Å²) in [6.45, 7) is 0. The zero-order valence-electron chi connectivity index (χ0n) is 7.90. The van der Waals surface area contributed by atoms with Crippen LogP contribution >= 0.6 is 0 Å². The molecule has 0 aliphatic rings. The molecule has 0 bridgehead atoms. The van der Waals surface area contributed by atoms with Crippen molar-refractivity contribution in [2.24, 2.45) is 5.73 Å². The molecule has 0 radical (unpaired) electrons. The van der Waals surface area contributed by atoms with Gasteiger partial charge < -0.3 is 5.73 Å². The highest BCUT2D eigenvalue weighted by atomic mass is 19.1. The normalized spacial score (nSPS) is 10.5. The van der Waals surface area contributed by atoms with Gasteiger partial charge in [0.15, 0.2) is 0 Å². The number of fused-ring (bicyclic) bond motifs is 1. The molecule has 0 fully saturated rings. The van der Waals surface area contributed by atoms with Crippen LogP contribution in [0.2, 0.25) is 0 Å². The molecule has 0 aliphatic heterocycles. The van der Waals surface area contributed by atoms with Crippen LogP contribution in [0.25, 0.3) is 10.9 Å². The van der Waals surface area contributed by atoms with E-state index in [1.54, 1.807) is 24.3 Å². The first-order chi connectivity index (χ1) is 7.16. The number of nitrogens with two attached hydrogens (primary N) is 1. The van der Waals surface area contributed by atoms with Gasteiger partial charge in [-0.25, -0.2) is 9.37 Å². The number of para-hydroxylation sites is 1. The minimum atomic E-state index is -0.586. The maximum atomic E-state index is 13.4. The number of hydrogen-bond donors (Lipinski definition) is 1. The van der Waals surface area contributed by atoms with Crippen LogP contribution in [0.15, 0.2) is 30.3 Å². The number of nitrogens with zero attached hydrogens (tertiary/aromatic N) is 1. The summed E-state index contributed by atoms with van der Waals surface area (Å²) < 4.78 is 13.4. The van der Waals surface area contributed by atoms with E-state index in [0.29, 0.717) is 10.9 Å². The van der Waals surface area contributed by atoms with Crippen molar-refractivity contribution in [1.29, 1.82) is 0 Å². The highest BCUT2D eigenvalue weighted by Gasteiger charge is 2.08. The minimum absolute atomic E-state index is 0.0983. The molecule has 0 aliphatic carbocycles. The molecule has 0 atom stereocenters. The van der Waals surface area contributed by atoms with E-state index in [0.717, 1.165) is 0 Å². The van der Waals surface area contributed by atoms with Crippen LogP contribution in [0.1, 0.15) is 5.69 Å². The number of halogens is 1. The van der Waals surface area contributed by atoms with Crippen LogP contribution in [0.5, 0.6) is 0 Å². The Morgan fingerprint density at radius 1 is 1.40 bits per heavy atom. The maximum Gasteiger partial charge on any atom is 0.223 e. The Labute approximate surface area is 85.7 Å². The smallest absolute Gasteiger partial charge is 0.223 e. The first-order valence-corrected chi connectivity index (χ1v) is 4.49. The van der Waals surface area contributed by atoms with E-state index in [-0.39, 0.29) is 12.1 Å². The molecule has 1 amide bonds. The maximum absolute atomic E-state index is 13.4. The molecule has 3 nitrogen and oxygen atoms in total. The third-order valence-corrected chi connectivity index (χ3v) is 2.09. The third kappa shape index (κ3) is 1.93. The van der Waals surface area contributed by atoms with Crippen molar-refractivity contribution in [3.05, 3.63) is 41.8 Å². The Morgan fingerprint density at radius 3 is 2.87 bits per heavy atom. The summed E-state index contributed by atoms with van der Waals surface area (Å²) in [7, 11) is 0. The quantitative estimate of drug-likeness (QED) is 0.803. The Hall–Kier alpha value is -1.97. The lowest BCUT2D eigenvalue weighted by molar-refractivity contribution is -0.117. The van der Waals surface area contributed by atoms with Crippen molar-refractivity contribution in [2.45, 2.75) is 6.42 Å². The number of amides is 1. The Kier molecular flexibility index (Phi) is 2.33. The van der Waals surface area contributed by atoms with Crippen LogP contribution in [0.4, 0.5) is 4.39 Å². The fourth-order valence-electron chi connectivity index (χ4n) is 1.42. The van der Waals surface area contributed by atoms with Crippen LogP contribution in [-0.2, 0) is 11.2 Å². The van der Waals surface area contributed by atoms with Gasteiger partial charge in [0.25, 0.3) is 0 Å². The number of rotatable bonds is 2. The highest BCUT2D eigenvalue weighted by molar-refractivity contribution is 5.81. The average molecular weight is 204 g/mol. The SMILES string of the molecule is NC(=O)Cc1nc2ccccc2cc1F. The summed E-state index contributed by atoms with van der Waals surface area (Å²) in [5.41, 5.74) is 5.75. The zero-order valence-corrected chi connectivity index (χ0v) is 7.90. The highest BCUT2D eigenvalue weighted by Crippen LogP contribution is 2.15. The molecule has 0 spiro atoms. The zero-order chi connectivity index (χ0) is 10.8. The van der Waals surface area contributed by atoms with Crippen molar-refractivity contribution in [3.63, 3.8) is 0 Å². The van der Waals surface area contributed by atoms with Gasteiger partial charge in [-0.2, -0.15) is 0 Å². The minimum Gasteiger partial charge on any atom is -0.369 e. The van der Waals surface area contributed by atoms with Crippen molar-refractivity contribution in [3.8, 4) is 0 Å². The molecule has 2 N–H and O–H groups in total. The topological polar surface area (TPSA) is 56.0 Å². The second-order valence-corrected chi connectivity index (χ2v) is 3.25. The largest absolute Gasteiger partial charge is 0.369 e. The molecular weight excluding hydrogens is 195 g/mol. The number of pyridine rings is 1. The first-order valence-electron chi connectivity index (χ1n) is 4.49. The van der Waals surface area contributed by atoms with Gasteiger partial charge in [-0.1, -0.05) is 18.2 Å². The van der Waals surface area contributed by atoms with Gasteiger partial charge in [-0.3, -0.25) is 4.79 Å². The molecule has 1 heterocycles. The number of hydrogen-bond acceptors (Lipinski definition) is 2. The van der Waals surface area contributed by atoms with Gasteiger partial charge >= 0.3 is 0 Å². The standard InChI is InChI=1S/C11H9FN2O/c12-8-5-7-3-1-2-4-9(7)14-10(8)6-11(13)15/h1-5H,6H2,(H2,13,15). The lowest BCUT2D eigenvalue weighted by Crippen LogP contribution is -2.15. The molecule has 2 rings (SSSR count). The van der Waals surface area contributed by atoms with E-state index in [1.807, 2.05) is 0 Å². The molecule has 15 heavy (non-hydrogen) atoms.